The molecule has 3 heterocycles. The number of carbonyl (C=O) groups is 1. The van der Waals surface area contributed by atoms with Crippen LogP contribution in [0.25, 0.3) is 0 Å². The number of hydrogen-bond donors (Lipinski definition) is 0. The quantitative estimate of drug-likeness (QED) is 0.771. The molecule has 3 aliphatic rings. The topological polar surface area (TPSA) is 72.5 Å². The van der Waals surface area contributed by atoms with Crippen LogP contribution in [0.1, 0.15) is 32.1 Å². The Labute approximate surface area is 146 Å². The van der Waals surface area contributed by atoms with Crippen molar-refractivity contribution in [2.75, 3.05) is 6.61 Å². The van der Waals surface area contributed by atoms with Crippen LogP contribution in [0.15, 0.2) is 30.3 Å². The summed E-state index contributed by atoms with van der Waals surface area (Å²) in [6.07, 6.45) is -2.80. The van der Waals surface area contributed by atoms with E-state index in [1.807, 2.05) is 37.3 Å². The van der Waals surface area contributed by atoms with Gasteiger partial charge in [0.05, 0.1) is 6.61 Å². The van der Waals surface area contributed by atoms with E-state index in [-0.39, 0.29) is 18.4 Å². The maximum Gasteiger partial charge on any atom is 0.303 e. The highest BCUT2D eigenvalue weighted by Crippen LogP contribution is 2.39. The summed E-state index contributed by atoms with van der Waals surface area (Å²) >= 11 is 0. The van der Waals surface area contributed by atoms with Crippen LogP contribution in [0.2, 0.25) is 0 Å². The highest BCUT2D eigenvalue weighted by molar-refractivity contribution is 5.66. The van der Waals surface area contributed by atoms with Gasteiger partial charge in [-0.1, -0.05) is 37.3 Å². The summed E-state index contributed by atoms with van der Waals surface area (Å²) in [5.41, 5.74) is 0.902. The van der Waals surface area contributed by atoms with Gasteiger partial charge in [0.25, 0.3) is 0 Å². The minimum atomic E-state index is -0.604. The van der Waals surface area contributed by atoms with Gasteiger partial charge in [0.15, 0.2) is 31.1 Å². The Hall–Kier alpha value is -1.51. The maximum atomic E-state index is 11.6. The number of esters is 1. The van der Waals surface area contributed by atoms with Crippen molar-refractivity contribution >= 4 is 5.97 Å². The van der Waals surface area contributed by atoms with E-state index >= 15 is 0 Å². The lowest BCUT2D eigenvalue weighted by Crippen LogP contribution is -2.62. The first-order valence-corrected chi connectivity index (χ1v) is 8.61. The fourth-order valence-corrected chi connectivity index (χ4v) is 3.46. The minimum absolute atomic E-state index is 0.325. The van der Waals surface area contributed by atoms with Gasteiger partial charge in [0, 0.05) is 12.5 Å². The van der Waals surface area contributed by atoms with Crippen molar-refractivity contribution < 1.29 is 33.2 Å². The summed E-state index contributed by atoms with van der Waals surface area (Å²) in [4.78, 5) is 11.6. The van der Waals surface area contributed by atoms with Crippen molar-refractivity contribution in [1.29, 1.82) is 0 Å². The third-order valence-electron chi connectivity index (χ3n) is 4.59. The number of carbonyl (C=O) groups excluding carboxylic acids is 1. The van der Waals surface area contributed by atoms with Crippen molar-refractivity contribution in [3.8, 4) is 0 Å². The van der Waals surface area contributed by atoms with Crippen LogP contribution in [0.3, 0.4) is 0 Å². The Bertz CT molecular complexity index is 607. The first kappa shape index (κ1) is 16.9. The van der Waals surface area contributed by atoms with Crippen LogP contribution in [0, 0.1) is 0 Å². The Kier molecular flexibility index (Phi) is 4.75. The highest BCUT2D eigenvalue weighted by atomic mass is 16.8. The monoisotopic (exact) mass is 350 g/mol. The molecule has 7 heteroatoms. The highest BCUT2D eigenvalue weighted by Gasteiger charge is 2.56. The number of rotatable bonds is 3. The predicted molar refractivity (Wildman–Crippen MR) is 84.3 cm³/mol. The average Bonchev–Trinajstić information content (AvgIpc) is 3.05. The second-order valence-corrected chi connectivity index (χ2v) is 6.37. The van der Waals surface area contributed by atoms with E-state index in [1.165, 1.54) is 6.92 Å². The molecule has 0 radical (unpaired) electrons. The van der Waals surface area contributed by atoms with Crippen molar-refractivity contribution in [3.63, 3.8) is 0 Å². The van der Waals surface area contributed by atoms with Crippen LogP contribution in [-0.2, 0) is 33.2 Å². The predicted octanol–water partition coefficient (Wildman–Crippen LogP) is 1.91. The smallest absolute Gasteiger partial charge is 0.303 e. The van der Waals surface area contributed by atoms with E-state index in [2.05, 4.69) is 0 Å². The molecule has 7 nitrogen and oxygen atoms in total. The molecule has 0 N–H and O–H groups in total. The Morgan fingerprint density at radius 2 is 1.92 bits per heavy atom. The molecule has 1 aromatic rings. The lowest BCUT2D eigenvalue weighted by molar-refractivity contribution is -0.339. The molecule has 0 saturated carbocycles. The van der Waals surface area contributed by atoms with E-state index in [4.69, 9.17) is 28.4 Å². The van der Waals surface area contributed by atoms with Gasteiger partial charge in [-0.15, -0.1) is 0 Å². The lowest BCUT2D eigenvalue weighted by atomic mass is 9.97. The van der Waals surface area contributed by atoms with Crippen LogP contribution in [0.5, 0.6) is 0 Å². The zero-order chi connectivity index (χ0) is 17.4. The van der Waals surface area contributed by atoms with Gasteiger partial charge >= 0.3 is 5.97 Å². The first-order valence-electron chi connectivity index (χ1n) is 8.61. The molecule has 0 spiro atoms. The lowest BCUT2D eigenvalue weighted by Gasteiger charge is -2.45. The molecule has 0 aromatic heterocycles. The fraction of sp³-hybridized carbons (Fsp3) is 0.611. The molecular weight excluding hydrogens is 328 g/mol. The van der Waals surface area contributed by atoms with Crippen molar-refractivity contribution in [3.05, 3.63) is 35.9 Å². The van der Waals surface area contributed by atoms with E-state index in [9.17, 15) is 4.79 Å². The standard InChI is InChI=1S/C18H22O7/c1-3-13-23-16-15(21-10(2)19)14-12(22-18(16)24-13)9-20-17(25-14)11-7-5-4-6-8-11/h4-8,12-18H,3,9H2,1-2H3/t12-,13-,14+,15+,16-,17+,18-/m1/s1. The second-order valence-electron chi connectivity index (χ2n) is 6.37. The SMILES string of the molecule is CC[C@H]1O[C@H]2O[C@@H]3CO[C@H](c4ccccc4)O[C@@H]3[C@H](OC(C)=O)[C@H]2O1. The summed E-state index contributed by atoms with van der Waals surface area (Å²) in [6.45, 7) is 3.66. The third kappa shape index (κ3) is 3.30. The van der Waals surface area contributed by atoms with Crippen LogP contribution in [0.4, 0.5) is 0 Å². The summed E-state index contributed by atoms with van der Waals surface area (Å²) in [5, 5.41) is 0. The minimum Gasteiger partial charge on any atom is -0.457 e. The van der Waals surface area contributed by atoms with Gasteiger partial charge in [0.2, 0.25) is 0 Å². The Balaban J connectivity index is 1.56. The van der Waals surface area contributed by atoms with Gasteiger partial charge < -0.3 is 28.4 Å². The molecule has 0 amide bonds. The molecule has 3 aliphatic heterocycles. The van der Waals surface area contributed by atoms with E-state index in [0.717, 1.165) is 5.56 Å². The third-order valence-corrected chi connectivity index (χ3v) is 4.59. The van der Waals surface area contributed by atoms with Crippen LogP contribution in [-0.4, -0.2) is 49.6 Å². The molecular formula is C18H22O7. The maximum absolute atomic E-state index is 11.6. The van der Waals surface area contributed by atoms with Crippen LogP contribution >= 0.6 is 0 Å². The molecule has 0 unspecified atom stereocenters. The number of benzene rings is 1. The van der Waals surface area contributed by atoms with E-state index in [1.54, 1.807) is 0 Å². The largest absolute Gasteiger partial charge is 0.457 e. The zero-order valence-electron chi connectivity index (χ0n) is 14.2. The molecule has 0 bridgehead atoms. The van der Waals surface area contributed by atoms with Gasteiger partial charge in [-0.05, 0) is 6.42 Å². The molecule has 4 rings (SSSR count). The van der Waals surface area contributed by atoms with Gasteiger partial charge in [-0.25, -0.2) is 0 Å². The normalized spacial score (nSPS) is 40.2. The number of ether oxygens (including phenoxy) is 6. The van der Waals surface area contributed by atoms with Crippen molar-refractivity contribution in [2.45, 2.75) is 63.6 Å². The van der Waals surface area contributed by atoms with Gasteiger partial charge in [0.1, 0.15) is 12.2 Å². The van der Waals surface area contributed by atoms with Gasteiger partial charge in [-0.2, -0.15) is 0 Å². The first-order chi connectivity index (χ1) is 12.2. The van der Waals surface area contributed by atoms with E-state index < -0.39 is 30.9 Å². The summed E-state index contributed by atoms with van der Waals surface area (Å²) in [6, 6.07) is 9.64. The average molecular weight is 350 g/mol. The molecule has 25 heavy (non-hydrogen) atoms. The summed E-state index contributed by atoms with van der Waals surface area (Å²) in [5.74, 6) is -0.390. The second kappa shape index (κ2) is 7.01. The molecule has 1 aromatic carbocycles. The molecule has 136 valence electrons. The fourth-order valence-electron chi connectivity index (χ4n) is 3.46. The molecule has 3 saturated heterocycles. The molecule has 0 aliphatic carbocycles. The van der Waals surface area contributed by atoms with Crippen molar-refractivity contribution in [2.24, 2.45) is 0 Å². The van der Waals surface area contributed by atoms with Crippen molar-refractivity contribution in [1.82, 2.24) is 0 Å². The molecule has 7 atom stereocenters. The number of hydrogen-bond acceptors (Lipinski definition) is 7. The van der Waals surface area contributed by atoms with Gasteiger partial charge in [-0.3, -0.25) is 4.79 Å². The Morgan fingerprint density at radius 1 is 1.12 bits per heavy atom. The Morgan fingerprint density at radius 3 is 2.64 bits per heavy atom. The number of fused-ring (bicyclic) bond motifs is 2. The van der Waals surface area contributed by atoms with E-state index in [0.29, 0.717) is 13.0 Å². The summed E-state index contributed by atoms with van der Waals surface area (Å²) < 4.78 is 35.0. The zero-order valence-corrected chi connectivity index (χ0v) is 14.2. The molecule has 3 fully saturated rings. The van der Waals surface area contributed by atoms with Crippen LogP contribution < -0.4 is 0 Å². The summed E-state index contributed by atoms with van der Waals surface area (Å²) in [7, 11) is 0.